The Hall–Kier alpha value is -3.88. The number of nitrogens with one attached hydrogen (secondary N) is 1. The molecule has 5 rings (SSSR count). The Morgan fingerprint density at radius 2 is 1.78 bits per heavy atom. The lowest BCUT2D eigenvalue weighted by Gasteiger charge is -2.39. The van der Waals surface area contributed by atoms with Crippen LogP contribution in [0.15, 0.2) is 36.4 Å². The van der Waals surface area contributed by atoms with Gasteiger partial charge in [-0.25, -0.2) is 4.79 Å². The molecule has 7 N–H and O–H groups in total. The van der Waals surface area contributed by atoms with Gasteiger partial charge in [-0.05, 0) is 29.8 Å². The molecular weight excluding hydrogens is 492 g/mol. The summed E-state index contributed by atoms with van der Waals surface area (Å²) in [5, 5.41) is 66.5. The maximum atomic E-state index is 11.9. The van der Waals surface area contributed by atoms with Crippen molar-refractivity contribution in [2.24, 2.45) is 0 Å². The SMILES string of the molecule is O=C(O)c1[nH]nc(-c2ccc(OC3OC(CO)C(O)C(O)C3O)cc2O)c1-c1ccc2c(c1)OCCO2. The van der Waals surface area contributed by atoms with Crippen molar-refractivity contribution < 1.29 is 54.4 Å². The molecule has 3 heterocycles. The van der Waals surface area contributed by atoms with E-state index in [9.17, 15) is 35.4 Å². The normalized spacial score (nSPS) is 25.0. The highest BCUT2D eigenvalue weighted by molar-refractivity contribution is 5.99. The summed E-state index contributed by atoms with van der Waals surface area (Å²) in [7, 11) is 0. The van der Waals surface area contributed by atoms with Gasteiger partial charge in [-0.15, -0.1) is 0 Å². The van der Waals surface area contributed by atoms with E-state index in [0.29, 0.717) is 30.3 Å². The topological polar surface area (TPSA) is 204 Å². The summed E-state index contributed by atoms with van der Waals surface area (Å²) in [4.78, 5) is 11.9. The summed E-state index contributed by atoms with van der Waals surface area (Å²) in [6.45, 7) is 0.120. The van der Waals surface area contributed by atoms with Crippen molar-refractivity contribution in [3.05, 3.63) is 42.1 Å². The number of benzene rings is 2. The van der Waals surface area contributed by atoms with Crippen molar-refractivity contribution in [2.45, 2.75) is 30.7 Å². The lowest BCUT2D eigenvalue weighted by Crippen LogP contribution is -2.60. The minimum Gasteiger partial charge on any atom is -0.507 e. The lowest BCUT2D eigenvalue weighted by molar-refractivity contribution is -0.277. The highest BCUT2D eigenvalue weighted by atomic mass is 16.7. The predicted octanol–water partition coefficient (Wildman–Crippen LogP) is 0.0974. The molecular formula is C24H24N2O11. The van der Waals surface area contributed by atoms with Crippen molar-refractivity contribution >= 4 is 5.97 Å². The third-order valence-corrected chi connectivity index (χ3v) is 6.14. The summed E-state index contributed by atoms with van der Waals surface area (Å²) < 4.78 is 22.0. The number of carboxylic acids is 1. The molecule has 37 heavy (non-hydrogen) atoms. The molecule has 2 aliphatic heterocycles. The second-order valence-electron chi connectivity index (χ2n) is 8.48. The fraction of sp³-hybridized carbons (Fsp3) is 0.333. The standard InChI is InChI=1S/C24H24N2O11/c27-9-16-20(29)21(30)22(31)24(37-16)36-11-2-3-12(13(28)8-11)18-17(19(23(32)33)26-25-18)10-1-4-14-15(7-10)35-6-5-34-14/h1-4,7-8,16,20-22,24,27-31H,5-6,9H2,(H,25,26)(H,32,33). The number of aliphatic hydroxyl groups is 4. The number of aromatic carboxylic acids is 1. The van der Waals surface area contributed by atoms with Gasteiger partial charge < -0.3 is 49.6 Å². The first-order chi connectivity index (χ1) is 17.8. The first-order valence-corrected chi connectivity index (χ1v) is 11.3. The molecule has 2 aromatic carbocycles. The summed E-state index contributed by atoms with van der Waals surface area (Å²) in [5.41, 5.74) is 0.794. The molecule has 0 amide bonds. The van der Waals surface area contributed by atoms with Crippen molar-refractivity contribution in [3.63, 3.8) is 0 Å². The van der Waals surface area contributed by atoms with Crippen molar-refractivity contribution in [3.8, 4) is 45.4 Å². The second-order valence-corrected chi connectivity index (χ2v) is 8.48. The number of phenolic OH excluding ortho intramolecular Hbond substituents is 1. The Bertz CT molecular complexity index is 1310. The van der Waals surface area contributed by atoms with E-state index in [1.54, 1.807) is 18.2 Å². The minimum atomic E-state index is -1.63. The summed E-state index contributed by atoms with van der Waals surface area (Å²) >= 11 is 0. The Balaban J connectivity index is 1.47. The molecule has 196 valence electrons. The Labute approximate surface area is 209 Å². The maximum absolute atomic E-state index is 11.9. The fourth-order valence-electron chi connectivity index (χ4n) is 4.26. The molecule has 5 atom stereocenters. The van der Waals surface area contributed by atoms with Crippen LogP contribution >= 0.6 is 0 Å². The van der Waals surface area contributed by atoms with Crippen LogP contribution < -0.4 is 14.2 Å². The molecule has 1 saturated heterocycles. The van der Waals surface area contributed by atoms with Crippen molar-refractivity contribution in [2.75, 3.05) is 19.8 Å². The summed E-state index contributed by atoms with van der Waals surface area (Å²) in [6, 6.07) is 8.98. The van der Waals surface area contributed by atoms with E-state index in [1.807, 2.05) is 0 Å². The van der Waals surface area contributed by atoms with Gasteiger partial charge >= 0.3 is 5.97 Å². The predicted molar refractivity (Wildman–Crippen MR) is 123 cm³/mol. The molecule has 0 aliphatic carbocycles. The van der Waals surface area contributed by atoms with Gasteiger partial charge in [0.05, 0.1) is 6.61 Å². The monoisotopic (exact) mass is 516 g/mol. The Morgan fingerprint density at radius 1 is 1.03 bits per heavy atom. The number of carboxylic acid groups (broad SMARTS) is 1. The maximum Gasteiger partial charge on any atom is 0.354 e. The highest BCUT2D eigenvalue weighted by Gasteiger charge is 2.44. The number of ether oxygens (including phenoxy) is 4. The first kappa shape index (κ1) is 24.8. The summed E-state index contributed by atoms with van der Waals surface area (Å²) in [5.74, 6) is -0.593. The molecule has 13 heteroatoms. The lowest BCUT2D eigenvalue weighted by atomic mass is 9.97. The number of fused-ring (bicyclic) bond motifs is 1. The largest absolute Gasteiger partial charge is 0.507 e. The van der Waals surface area contributed by atoms with Crippen LogP contribution in [0.3, 0.4) is 0 Å². The van der Waals surface area contributed by atoms with Crippen LogP contribution in [0, 0.1) is 0 Å². The second kappa shape index (κ2) is 9.88. The number of aromatic hydroxyl groups is 1. The smallest absolute Gasteiger partial charge is 0.354 e. The molecule has 5 unspecified atom stereocenters. The molecule has 0 bridgehead atoms. The van der Waals surface area contributed by atoms with Gasteiger partial charge in [-0.3, -0.25) is 5.10 Å². The molecule has 13 nitrogen and oxygen atoms in total. The fourth-order valence-corrected chi connectivity index (χ4v) is 4.26. The van der Waals surface area contributed by atoms with Crippen LogP contribution in [0.4, 0.5) is 0 Å². The third kappa shape index (κ3) is 4.54. The van der Waals surface area contributed by atoms with Crippen LogP contribution in [0.25, 0.3) is 22.4 Å². The molecule has 0 saturated carbocycles. The number of hydrogen-bond acceptors (Lipinski definition) is 11. The van der Waals surface area contributed by atoms with E-state index in [0.717, 1.165) is 0 Å². The van der Waals surface area contributed by atoms with Crippen LogP contribution in [0.5, 0.6) is 23.0 Å². The number of aromatic nitrogens is 2. The van der Waals surface area contributed by atoms with Gasteiger partial charge in [0.25, 0.3) is 0 Å². The molecule has 3 aromatic rings. The van der Waals surface area contributed by atoms with E-state index >= 15 is 0 Å². The average Bonchev–Trinajstić information content (AvgIpc) is 3.34. The highest BCUT2D eigenvalue weighted by Crippen LogP contribution is 2.42. The zero-order chi connectivity index (χ0) is 26.3. The van der Waals surface area contributed by atoms with Crippen molar-refractivity contribution in [1.29, 1.82) is 0 Å². The number of rotatable bonds is 6. The number of H-pyrrole nitrogens is 1. The van der Waals surface area contributed by atoms with Gasteiger partial charge in [-0.1, -0.05) is 6.07 Å². The zero-order valence-electron chi connectivity index (χ0n) is 19.1. The quantitative estimate of drug-likeness (QED) is 0.233. The van der Waals surface area contributed by atoms with Crippen LogP contribution in [-0.4, -0.2) is 97.3 Å². The van der Waals surface area contributed by atoms with Gasteiger partial charge in [-0.2, -0.15) is 5.10 Å². The van der Waals surface area contributed by atoms with E-state index in [2.05, 4.69) is 10.2 Å². The first-order valence-electron chi connectivity index (χ1n) is 11.3. The van der Waals surface area contributed by atoms with Gasteiger partial charge in [0.2, 0.25) is 6.29 Å². The molecule has 0 spiro atoms. The molecule has 1 aromatic heterocycles. The zero-order valence-corrected chi connectivity index (χ0v) is 19.1. The number of nitrogens with zero attached hydrogens (tertiary/aromatic N) is 1. The van der Waals surface area contributed by atoms with E-state index in [-0.39, 0.29) is 34.0 Å². The average molecular weight is 516 g/mol. The number of carbonyl (C=O) groups is 1. The van der Waals surface area contributed by atoms with Gasteiger partial charge in [0.1, 0.15) is 54.8 Å². The van der Waals surface area contributed by atoms with E-state index in [1.165, 1.54) is 18.2 Å². The number of phenols is 1. The van der Waals surface area contributed by atoms with Gasteiger partial charge in [0, 0.05) is 17.2 Å². The number of aliphatic hydroxyl groups excluding tert-OH is 4. The third-order valence-electron chi connectivity index (χ3n) is 6.14. The van der Waals surface area contributed by atoms with Gasteiger partial charge in [0.15, 0.2) is 17.2 Å². The Kier molecular flexibility index (Phi) is 6.62. The van der Waals surface area contributed by atoms with Crippen LogP contribution in [0.2, 0.25) is 0 Å². The molecule has 0 radical (unpaired) electrons. The van der Waals surface area contributed by atoms with E-state index in [4.69, 9.17) is 18.9 Å². The van der Waals surface area contributed by atoms with Crippen LogP contribution in [-0.2, 0) is 4.74 Å². The molecule has 1 fully saturated rings. The number of hydrogen-bond donors (Lipinski definition) is 7. The van der Waals surface area contributed by atoms with Crippen LogP contribution in [0.1, 0.15) is 10.5 Å². The Morgan fingerprint density at radius 3 is 2.49 bits per heavy atom. The van der Waals surface area contributed by atoms with E-state index < -0.39 is 43.3 Å². The van der Waals surface area contributed by atoms with Crippen molar-refractivity contribution in [1.82, 2.24) is 10.2 Å². The minimum absolute atomic E-state index is 0.0282. The molecule has 2 aliphatic rings. The number of aromatic amines is 1. The summed E-state index contributed by atoms with van der Waals surface area (Å²) in [6.07, 6.45) is -7.42.